The van der Waals surface area contributed by atoms with E-state index in [1.807, 2.05) is 31.2 Å². The van der Waals surface area contributed by atoms with Crippen LogP contribution in [0.5, 0.6) is 5.75 Å². The molecule has 7 heteroatoms. The lowest BCUT2D eigenvalue weighted by atomic mass is 10.1. The minimum absolute atomic E-state index is 0.0474. The van der Waals surface area contributed by atoms with Gasteiger partial charge in [-0.15, -0.1) is 0 Å². The van der Waals surface area contributed by atoms with Crippen LogP contribution < -0.4 is 4.74 Å². The van der Waals surface area contributed by atoms with E-state index in [1.54, 1.807) is 42.5 Å². The van der Waals surface area contributed by atoms with Gasteiger partial charge in [0.2, 0.25) is 0 Å². The number of nitrogens with zero attached hydrogens (tertiary/aromatic N) is 1. The lowest BCUT2D eigenvalue weighted by molar-refractivity contribution is 0.0468. The van der Waals surface area contributed by atoms with E-state index in [2.05, 4.69) is 15.9 Å². The Kier molecular flexibility index (Phi) is 6.37. The summed E-state index contributed by atoms with van der Waals surface area (Å²) in [5.41, 5.74) is 2.49. The first kappa shape index (κ1) is 21.8. The number of carbonyl (C=O) groups is 3. The van der Waals surface area contributed by atoms with Gasteiger partial charge in [-0.25, -0.2) is 4.79 Å². The summed E-state index contributed by atoms with van der Waals surface area (Å²) in [6, 6.07) is 19.2. The predicted molar refractivity (Wildman–Crippen MR) is 122 cm³/mol. The van der Waals surface area contributed by atoms with Crippen molar-refractivity contribution in [3.63, 3.8) is 0 Å². The fourth-order valence-electron chi connectivity index (χ4n) is 3.49. The molecule has 4 rings (SSSR count). The third-order valence-corrected chi connectivity index (χ3v) is 5.59. The second kappa shape index (κ2) is 9.36. The third kappa shape index (κ3) is 4.43. The molecule has 1 aliphatic heterocycles. The van der Waals surface area contributed by atoms with Gasteiger partial charge in [0.05, 0.1) is 24.3 Å². The number of imide groups is 1. The Morgan fingerprint density at radius 3 is 2.16 bits per heavy atom. The minimum atomic E-state index is -0.541. The molecule has 0 bridgehead atoms. The highest BCUT2D eigenvalue weighted by molar-refractivity contribution is 9.10. The zero-order valence-electron chi connectivity index (χ0n) is 17.3. The van der Waals surface area contributed by atoms with E-state index < -0.39 is 5.97 Å². The van der Waals surface area contributed by atoms with Crippen LogP contribution in [-0.4, -0.2) is 29.3 Å². The topological polar surface area (TPSA) is 72.9 Å². The molecule has 0 unspecified atom stereocenters. The van der Waals surface area contributed by atoms with Crippen molar-refractivity contribution in [2.24, 2.45) is 0 Å². The summed E-state index contributed by atoms with van der Waals surface area (Å²) < 4.78 is 12.0. The molecule has 1 aliphatic rings. The van der Waals surface area contributed by atoms with E-state index in [1.165, 1.54) is 4.90 Å². The molecule has 1 heterocycles. The SMILES string of the molecule is CCOc1ccc(CN2C(=O)c3ccccc3C2=O)cc1C(=O)OCc1ccc(Br)cc1. The van der Waals surface area contributed by atoms with Crippen molar-refractivity contribution in [1.29, 1.82) is 0 Å². The molecule has 0 spiro atoms. The van der Waals surface area contributed by atoms with Crippen molar-refractivity contribution in [1.82, 2.24) is 4.90 Å². The maximum Gasteiger partial charge on any atom is 0.342 e. The lowest BCUT2D eigenvalue weighted by Crippen LogP contribution is -2.29. The van der Waals surface area contributed by atoms with Crippen LogP contribution in [0.4, 0.5) is 0 Å². The van der Waals surface area contributed by atoms with Crippen LogP contribution in [0.25, 0.3) is 0 Å². The first-order chi connectivity index (χ1) is 15.5. The molecule has 0 fully saturated rings. The van der Waals surface area contributed by atoms with Crippen LogP contribution in [0.1, 0.15) is 49.1 Å². The van der Waals surface area contributed by atoms with Crippen molar-refractivity contribution in [3.05, 3.63) is 99.0 Å². The number of carbonyl (C=O) groups excluding carboxylic acids is 3. The zero-order valence-corrected chi connectivity index (χ0v) is 18.9. The van der Waals surface area contributed by atoms with Crippen molar-refractivity contribution >= 4 is 33.7 Å². The number of esters is 1. The molecule has 0 saturated carbocycles. The normalized spacial score (nSPS) is 12.6. The monoisotopic (exact) mass is 493 g/mol. The van der Waals surface area contributed by atoms with Crippen molar-refractivity contribution in [2.75, 3.05) is 6.61 Å². The summed E-state index contributed by atoms with van der Waals surface area (Å²) >= 11 is 3.37. The van der Waals surface area contributed by atoms with Crippen molar-refractivity contribution in [2.45, 2.75) is 20.1 Å². The maximum absolute atomic E-state index is 12.8. The average Bonchev–Trinajstić information content (AvgIpc) is 3.04. The van der Waals surface area contributed by atoms with E-state index in [0.717, 1.165) is 10.0 Å². The molecular formula is C25H20BrNO5. The minimum Gasteiger partial charge on any atom is -0.493 e. The number of rotatable bonds is 7. The largest absolute Gasteiger partial charge is 0.493 e. The van der Waals surface area contributed by atoms with E-state index in [0.29, 0.717) is 29.0 Å². The van der Waals surface area contributed by atoms with E-state index in [4.69, 9.17) is 9.47 Å². The molecule has 3 aromatic rings. The van der Waals surface area contributed by atoms with Gasteiger partial charge in [0.25, 0.3) is 11.8 Å². The smallest absolute Gasteiger partial charge is 0.342 e. The summed E-state index contributed by atoms with van der Waals surface area (Å²) in [6.45, 7) is 2.36. The van der Waals surface area contributed by atoms with Gasteiger partial charge in [-0.3, -0.25) is 14.5 Å². The number of amides is 2. The van der Waals surface area contributed by atoms with Gasteiger partial charge in [0.15, 0.2) is 0 Å². The average molecular weight is 494 g/mol. The Hall–Kier alpha value is -3.45. The third-order valence-electron chi connectivity index (χ3n) is 5.07. The molecule has 0 atom stereocenters. The van der Waals surface area contributed by atoms with Crippen LogP contribution >= 0.6 is 15.9 Å². The van der Waals surface area contributed by atoms with Crippen LogP contribution in [0.2, 0.25) is 0 Å². The van der Waals surface area contributed by atoms with Crippen LogP contribution in [0, 0.1) is 0 Å². The molecular weight excluding hydrogens is 474 g/mol. The molecule has 32 heavy (non-hydrogen) atoms. The van der Waals surface area contributed by atoms with Gasteiger partial charge in [0, 0.05) is 4.47 Å². The summed E-state index contributed by atoms with van der Waals surface area (Å²) in [5, 5.41) is 0. The van der Waals surface area contributed by atoms with E-state index in [9.17, 15) is 14.4 Å². The Morgan fingerprint density at radius 1 is 0.906 bits per heavy atom. The highest BCUT2D eigenvalue weighted by Crippen LogP contribution is 2.27. The summed E-state index contributed by atoms with van der Waals surface area (Å²) in [6.07, 6.45) is 0. The number of hydrogen-bond acceptors (Lipinski definition) is 5. The molecule has 3 aromatic carbocycles. The molecule has 0 radical (unpaired) electrons. The molecule has 0 aliphatic carbocycles. The molecule has 2 amide bonds. The van der Waals surface area contributed by atoms with Gasteiger partial charge in [0.1, 0.15) is 17.9 Å². The van der Waals surface area contributed by atoms with Crippen LogP contribution in [-0.2, 0) is 17.9 Å². The quantitative estimate of drug-likeness (QED) is 0.342. The highest BCUT2D eigenvalue weighted by Gasteiger charge is 2.35. The maximum atomic E-state index is 12.8. The van der Waals surface area contributed by atoms with Crippen molar-refractivity contribution < 1.29 is 23.9 Å². The Morgan fingerprint density at radius 2 is 1.53 bits per heavy atom. The lowest BCUT2D eigenvalue weighted by Gasteiger charge is -2.16. The fraction of sp³-hybridized carbons (Fsp3) is 0.160. The second-order valence-electron chi connectivity index (χ2n) is 7.21. The van der Waals surface area contributed by atoms with Gasteiger partial charge in [-0.1, -0.05) is 46.3 Å². The molecule has 0 aromatic heterocycles. The van der Waals surface area contributed by atoms with Crippen LogP contribution in [0.3, 0.4) is 0 Å². The Bertz CT molecular complexity index is 1150. The van der Waals surface area contributed by atoms with Crippen molar-refractivity contribution in [3.8, 4) is 5.75 Å². The highest BCUT2D eigenvalue weighted by atomic mass is 79.9. The Balaban J connectivity index is 1.54. The first-order valence-electron chi connectivity index (χ1n) is 10.1. The summed E-state index contributed by atoms with van der Waals surface area (Å²) in [7, 11) is 0. The molecule has 162 valence electrons. The first-order valence-corrected chi connectivity index (χ1v) is 10.9. The van der Waals surface area contributed by atoms with Gasteiger partial charge >= 0.3 is 5.97 Å². The summed E-state index contributed by atoms with van der Waals surface area (Å²) in [5.74, 6) is -0.849. The van der Waals surface area contributed by atoms with Gasteiger partial charge in [-0.2, -0.15) is 0 Å². The number of benzene rings is 3. The molecule has 6 nitrogen and oxygen atoms in total. The Labute approximate surface area is 193 Å². The van der Waals surface area contributed by atoms with E-state index in [-0.39, 0.29) is 30.5 Å². The number of halogens is 1. The van der Waals surface area contributed by atoms with Gasteiger partial charge < -0.3 is 9.47 Å². The van der Waals surface area contributed by atoms with Gasteiger partial charge in [-0.05, 0) is 54.4 Å². The molecule has 0 saturated heterocycles. The number of hydrogen-bond donors (Lipinski definition) is 0. The van der Waals surface area contributed by atoms with Crippen LogP contribution in [0.15, 0.2) is 71.2 Å². The van der Waals surface area contributed by atoms with E-state index >= 15 is 0 Å². The predicted octanol–water partition coefficient (Wildman–Crippen LogP) is 5.00. The standard InChI is InChI=1S/C25H20BrNO5/c1-2-31-22-12-9-17(14-27-23(28)19-5-3-4-6-20(19)24(27)29)13-21(22)25(30)32-15-16-7-10-18(26)11-8-16/h3-13H,2,14-15H2,1H3. The second-order valence-corrected chi connectivity index (χ2v) is 8.12. The summed E-state index contributed by atoms with van der Waals surface area (Å²) in [4.78, 5) is 39.3. The fourth-order valence-corrected chi connectivity index (χ4v) is 3.75. The molecule has 0 N–H and O–H groups in total. The number of ether oxygens (including phenoxy) is 2. The zero-order chi connectivity index (χ0) is 22.7. The number of fused-ring (bicyclic) bond motifs is 1.